The van der Waals surface area contributed by atoms with Gasteiger partial charge in [-0.05, 0) is 167 Å². The minimum atomic E-state index is 0.920. The standard InChI is InChI=1S/C88H90N8S8/c1-5-9-13-17-21-25-29-55-33-49-75(97-55)67-45-41-63(81-85(67)93-101-89-81)71-53-72(64-42-46-68(86-82(64)90-102-94-86)76-50-34-56(98-76)30-26-22-18-14-10-6-2)60-39-40-62-74(66-44-48-70(88-84(66)92-104-96-88)78-52-36-58(100-78)32-28-24-20-16-12-8-4)54-73(61-38-37-59(71)79(60)80(61)62)65-43-47-69(87-83(65)91-103-95-87)77-51-35-57(99-77)31-27-23-19-15-11-7-3/h33-54H,5-32H2,1-4H3. The van der Waals surface area contributed by atoms with E-state index in [4.69, 9.17) is 35.0 Å². The van der Waals surface area contributed by atoms with Crippen molar-refractivity contribution < 1.29 is 0 Å². The number of hydrogen-bond donors (Lipinski definition) is 0. The second-order valence-corrected chi connectivity index (χ2v) is 35.4. The van der Waals surface area contributed by atoms with Crippen molar-refractivity contribution in [1.29, 1.82) is 0 Å². The van der Waals surface area contributed by atoms with Gasteiger partial charge >= 0.3 is 0 Å². The van der Waals surface area contributed by atoms with Crippen LogP contribution in [-0.4, -0.2) is 35.0 Å². The molecule has 0 aliphatic heterocycles. The van der Waals surface area contributed by atoms with Crippen LogP contribution in [0.2, 0.25) is 0 Å². The first-order chi connectivity index (χ1) is 51.5. The van der Waals surface area contributed by atoms with Crippen molar-refractivity contribution in [2.45, 2.75) is 207 Å². The molecular weight excluding hydrogens is 1430 g/mol. The smallest absolute Gasteiger partial charge is 0.114 e. The molecule has 0 aliphatic carbocycles. The van der Waals surface area contributed by atoms with Crippen molar-refractivity contribution in [3.8, 4) is 86.3 Å². The van der Waals surface area contributed by atoms with Crippen molar-refractivity contribution in [2.75, 3.05) is 0 Å². The number of hydrogen-bond acceptors (Lipinski definition) is 16. The van der Waals surface area contributed by atoms with Crippen molar-refractivity contribution in [2.24, 2.45) is 0 Å². The molecule has 104 heavy (non-hydrogen) atoms. The van der Waals surface area contributed by atoms with Gasteiger partial charge in [0.25, 0.3) is 0 Å². The molecule has 8 aromatic carbocycles. The van der Waals surface area contributed by atoms with Gasteiger partial charge in [0, 0.05) is 83.5 Å². The fraction of sp³-hybridized carbons (Fsp3) is 0.364. The molecular formula is C88H90N8S8. The molecule has 0 saturated carbocycles. The van der Waals surface area contributed by atoms with E-state index in [0.29, 0.717) is 0 Å². The van der Waals surface area contributed by atoms with E-state index in [1.807, 2.05) is 45.3 Å². The van der Waals surface area contributed by atoms with Crippen LogP contribution in [0.5, 0.6) is 0 Å². The Morgan fingerprint density at radius 3 is 0.635 bits per heavy atom. The van der Waals surface area contributed by atoms with Gasteiger partial charge in [-0.3, -0.25) is 0 Å². The molecule has 8 aromatic heterocycles. The number of unbranched alkanes of at least 4 members (excludes halogenated alkanes) is 20. The Morgan fingerprint density at radius 2 is 0.404 bits per heavy atom. The van der Waals surface area contributed by atoms with E-state index in [9.17, 15) is 0 Å². The average molecular weight is 1520 g/mol. The van der Waals surface area contributed by atoms with Crippen LogP contribution in [0.15, 0.2) is 133 Å². The van der Waals surface area contributed by atoms with Gasteiger partial charge in [-0.1, -0.05) is 229 Å². The molecule has 8 heterocycles. The summed E-state index contributed by atoms with van der Waals surface area (Å²) in [6.45, 7) is 9.17. The van der Waals surface area contributed by atoms with Gasteiger partial charge in [0.1, 0.15) is 44.1 Å². The van der Waals surface area contributed by atoms with E-state index in [1.165, 1.54) is 251 Å². The minimum Gasteiger partial charge on any atom is -0.172 e. The predicted octanol–water partition coefficient (Wildman–Crippen LogP) is 29.8. The van der Waals surface area contributed by atoms with Crippen LogP contribution in [-0.2, 0) is 25.7 Å². The lowest BCUT2D eigenvalue weighted by molar-refractivity contribution is 0.609. The maximum absolute atomic E-state index is 5.27. The van der Waals surface area contributed by atoms with Gasteiger partial charge < -0.3 is 0 Å². The molecule has 0 saturated heterocycles. The Hall–Kier alpha value is -7.12. The number of rotatable bonds is 36. The Bertz CT molecular complexity index is 4920. The number of benzene rings is 8. The first-order valence-corrected chi connectivity index (χ1v) is 44.8. The normalized spacial score (nSPS) is 12.2. The molecule has 0 spiro atoms. The van der Waals surface area contributed by atoms with Crippen molar-refractivity contribution in [3.05, 3.63) is 153 Å². The van der Waals surface area contributed by atoms with Crippen molar-refractivity contribution >= 4 is 169 Å². The van der Waals surface area contributed by atoms with E-state index in [2.05, 4.69) is 161 Å². The van der Waals surface area contributed by atoms with Crippen LogP contribution >= 0.6 is 92.3 Å². The van der Waals surface area contributed by atoms with Gasteiger partial charge in [0.2, 0.25) is 0 Å². The fourth-order valence-corrected chi connectivity index (χ4v) is 22.6. The number of fused-ring (bicyclic) bond motifs is 4. The van der Waals surface area contributed by atoms with Crippen LogP contribution in [0.3, 0.4) is 0 Å². The highest BCUT2D eigenvalue weighted by atomic mass is 32.1. The van der Waals surface area contributed by atoms with Crippen molar-refractivity contribution in [1.82, 2.24) is 35.0 Å². The molecule has 0 N–H and O–H groups in total. The monoisotopic (exact) mass is 1510 g/mol. The average Bonchev–Trinajstić information content (AvgIpc) is 0.729. The third kappa shape index (κ3) is 14.7. The lowest BCUT2D eigenvalue weighted by Gasteiger charge is -2.22. The van der Waals surface area contributed by atoms with Gasteiger partial charge in [-0.2, -0.15) is 35.0 Å². The van der Waals surface area contributed by atoms with Gasteiger partial charge in [0.05, 0.1) is 46.9 Å². The molecule has 0 unspecified atom stereocenters. The summed E-state index contributed by atoms with van der Waals surface area (Å²) >= 11 is 12.9. The molecule has 0 fully saturated rings. The lowest BCUT2D eigenvalue weighted by atomic mass is 9.81. The summed E-state index contributed by atoms with van der Waals surface area (Å²) in [5, 5.41) is 6.99. The van der Waals surface area contributed by atoms with E-state index >= 15 is 0 Å². The summed E-state index contributed by atoms with van der Waals surface area (Å²) in [6, 6.07) is 51.7. The third-order valence-corrected chi connectivity index (χ3v) is 28.4. The fourth-order valence-electron chi connectivity index (χ4n) is 16.0. The number of aromatic nitrogens is 8. The Labute approximate surface area is 644 Å². The van der Waals surface area contributed by atoms with E-state index in [-0.39, 0.29) is 0 Å². The molecule has 16 heteroatoms. The minimum absolute atomic E-state index is 0.920. The molecule has 530 valence electrons. The first-order valence-electron chi connectivity index (χ1n) is 38.6. The van der Waals surface area contributed by atoms with Gasteiger partial charge in [0.15, 0.2) is 0 Å². The number of thiophene rings is 4. The van der Waals surface area contributed by atoms with Crippen molar-refractivity contribution in [3.63, 3.8) is 0 Å². The molecule has 0 amide bonds. The Balaban J connectivity index is 0.879. The summed E-state index contributed by atoms with van der Waals surface area (Å²) in [4.78, 5) is 10.7. The number of aryl methyl sites for hydroxylation is 4. The van der Waals surface area contributed by atoms with Crippen LogP contribution in [0, 0.1) is 0 Å². The maximum atomic E-state index is 5.27. The van der Waals surface area contributed by atoms with E-state index < -0.39 is 0 Å². The Morgan fingerprint density at radius 1 is 0.202 bits per heavy atom. The summed E-state index contributed by atoms with van der Waals surface area (Å²) in [5.74, 6) is 0. The largest absolute Gasteiger partial charge is 0.172 e. The highest BCUT2D eigenvalue weighted by Crippen LogP contribution is 2.53. The zero-order chi connectivity index (χ0) is 70.3. The molecule has 0 atom stereocenters. The summed E-state index contributed by atoms with van der Waals surface area (Å²) in [7, 11) is 0. The summed E-state index contributed by atoms with van der Waals surface area (Å²) in [5.41, 5.74) is 20.7. The highest BCUT2D eigenvalue weighted by molar-refractivity contribution is 7.16. The van der Waals surface area contributed by atoms with E-state index in [1.54, 1.807) is 0 Å². The molecule has 8 nitrogen and oxygen atoms in total. The molecule has 0 radical (unpaired) electrons. The Kier molecular flexibility index (Phi) is 22.8. The zero-order valence-electron chi connectivity index (χ0n) is 60.3. The predicted molar refractivity (Wildman–Crippen MR) is 457 cm³/mol. The third-order valence-electron chi connectivity index (χ3n) is 21.5. The first kappa shape index (κ1) is 71.2. The van der Waals surface area contributed by atoms with Gasteiger partial charge in [-0.25, -0.2) is 0 Å². The molecule has 0 bridgehead atoms. The SMILES string of the molecule is CCCCCCCCc1ccc(-c2ccc(-c3cc(-c4ccc(-c5ccc(CCCCCCCC)s5)c5nsnc45)c4ccc5c(-c6ccc(-c7ccc(CCCCCCCC)s7)c7nsnc67)cc(-c6ccc(-c7ccc(CCCCCCCC)s7)c7nsnc67)c6ccc3c4c65)c3nsnc23)s1. The zero-order valence-corrected chi connectivity index (χ0v) is 66.9. The summed E-state index contributed by atoms with van der Waals surface area (Å²) in [6.07, 6.45) is 35.4. The molecule has 0 aliphatic rings. The van der Waals surface area contributed by atoms with Crippen LogP contribution < -0.4 is 0 Å². The lowest BCUT2D eigenvalue weighted by Crippen LogP contribution is -1.96. The molecule has 16 rings (SSSR count). The molecule has 16 aromatic rings. The number of nitrogens with zero attached hydrogens (tertiary/aromatic N) is 8. The van der Waals surface area contributed by atoms with E-state index in [0.717, 1.165) is 158 Å². The van der Waals surface area contributed by atoms with Crippen LogP contribution in [0.4, 0.5) is 0 Å². The quantitative estimate of drug-likeness (QED) is 0.0283. The van der Waals surface area contributed by atoms with Crippen LogP contribution in [0.1, 0.15) is 201 Å². The second kappa shape index (κ2) is 33.3. The highest BCUT2D eigenvalue weighted by Gasteiger charge is 2.28. The topological polar surface area (TPSA) is 103 Å². The maximum Gasteiger partial charge on any atom is 0.114 e. The van der Waals surface area contributed by atoms with Crippen LogP contribution in [0.25, 0.3) is 163 Å². The second-order valence-electron chi connectivity index (χ2n) is 28.6. The van der Waals surface area contributed by atoms with Gasteiger partial charge in [-0.15, -0.1) is 45.3 Å². The summed E-state index contributed by atoms with van der Waals surface area (Å²) < 4.78 is 41.8.